The smallest absolute Gasteiger partial charge is 0.251 e. The van der Waals surface area contributed by atoms with E-state index in [1.807, 2.05) is 43.3 Å². The quantitative estimate of drug-likeness (QED) is 0.646. The number of carbonyl (C=O) groups excluding carboxylic acids is 1. The van der Waals surface area contributed by atoms with Crippen LogP contribution in [0.25, 0.3) is 0 Å². The number of nitrogens with zero attached hydrogens (tertiary/aromatic N) is 1. The van der Waals surface area contributed by atoms with Gasteiger partial charge in [-0.3, -0.25) is 4.79 Å². The Bertz CT molecular complexity index is 474. The molecule has 21 heavy (non-hydrogen) atoms. The van der Waals surface area contributed by atoms with E-state index in [2.05, 4.69) is 10.2 Å². The summed E-state index contributed by atoms with van der Waals surface area (Å²) in [5.74, 6) is -0.0277. The van der Waals surface area contributed by atoms with Crippen molar-refractivity contribution in [1.82, 2.24) is 5.32 Å². The van der Waals surface area contributed by atoms with Crippen LogP contribution in [0.1, 0.15) is 36.5 Å². The van der Waals surface area contributed by atoms with Crippen LogP contribution >= 0.6 is 0 Å². The van der Waals surface area contributed by atoms with Crippen molar-refractivity contribution in [3.63, 3.8) is 0 Å². The first kappa shape index (κ1) is 15.6. The molecule has 0 bridgehead atoms. The Kier molecular flexibility index (Phi) is 5.81. The molecule has 0 atom stereocenters. The number of piperidine rings is 1. The van der Waals surface area contributed by atoms with Gasteiger partial charge in [0.15, 0.2) is 0 Å². The van der Waals surface area contributed by atoms with E-state index in [0.717, 1.165) is 38.0 Å². The van der Waals surface area contributed by atoms with Crippen molar-refractivity contribution in [3.8, 4) is 0 Å². The summed E-state index contributed by atoms with van der Waals surface area (Å²) < 4.78 is 0. The largest absolute Gasteiger partial charge is 0.393 e. The monoisotopic (exact) mass is 288 g/mol. The highest BCUT2D eigenvalue weighted by atomic mass is 16.3. The average Bonchev–Trinajstić information content (AvgIpc) is 2.52. The van der Waals surface area contributed by atoms with Gasteiger partial charge in [0.2, 0.25) is 0 Å². The lowest BCUT2D eigenvalue weighted by Crippen LogP contribution is -2.35. The Labute approximate surface area is 126 Å². The van der Waals surface area contributed by atoms with Gasteiger partial charge in [-0.15, -0.1) is 0 Å². The molecular weight excluding hydrogens is 264 g/mol. The Morgan fingerprint density at radius 2 is 2.00 bits per heavy atom. The molecule has 1 amide bonds. The summed E-state index contributed by atoms with van der Waals surface area (Å²) in [6.45, 7) is 4.38. The van der Waals surface area contributed by atoms with Gasteiger partial charge in [-0.2, -0.15) is 0 Å². The molecule has 1 saturated heterocycles. The number of nitrogens with one attached hydrogen (secondary N) is 1. The van der Waals surface area contributed by atoms with Crippen LogP contribution in [0.5, 0.6) is 0 Å². The number of rotatable bonds is 5. The number of aliphatic hydroxyl groups excluding tert-OH is 1. The molecule has 1 fully saturated rings. The maximum absolute atomic E-state index is 12.0. The lowest BCUT2D eigenvalue weighted by Gasteiger charge is -2.31. The second kappa shape index (κ2) is 7.84. The molecule has 0 saturated carbocycles. The first-order valence-electron chi connectivity index (χ1n) is 7.63. The molecule has 4 heteroatoms. The number of benzene rings is 1. The van der Waals surface area contributed by atoms with Crippen LogP contribution in [0.3, 0.4) is 0 Å². The minimum atomic E-state index is -0.163. The zero-order chi connectivity index (χ0) is 15.1. The number of amides is 1. The normalized spacial score (nSPS) is 16.4. The van der Waals surface area contributed by atoms with E-state index in [1.165, 1.54) is 0 Å². The first-order chi connectivity index (χ1) is 10.2. The predicted molar refractivity (Wildman–Crippen MR) is 85.7 cm³/mol. The SMILES string of the molecule is CC=CCCNC(=O)c1ccc(N2CCC(O)CC2)cc1. The maximum Gasteiger partial charge on any atom is 0.251 e. The van der Waals surface area contributed by atoms with Crippen molar-refractivity contribution in [3.05, 3.63) is 42.0 Å². The summed E-state index contributed by atoms with van der Waals surface area (Å²) in [5.41, 5.74) is 1.81. The zero-order valence-corrected chi connectivity index (χ0v) is 12.6. The van der Waals surface area contributed by atoms with Crippen LogP contribution in [-0.4, -0.2) is 36.8 Å². The van der Waals surface area contributed by atoms with Crippen molar-refractivity contribution >= 4 is 11.6 Å². The second-order valence-electron chi connectivity index (χ2n) is 5.38. The molecule has 2 rings (SSSR count). The van der Waals surface area contributed by atoms with Gasteiger partial charge < -0.3 is 15.3 Å². The van der Waals surface area contributed by atoms with Gasteiger partial charge in [0, 0.05) is 30.9 Å². The number of allylic oxidation sites excluding steroid dienone is 1. The van der Waals surface area contributed by atoms with E-state index < -0.39 is 0 Å². The minimum Gasteiger partial charge on any atom is -0.393 e. The molecule has 0 unspecified atom stereocenters. The molecule has 114 valence electrons. The molecule has 0 radical (unpaired) electrons. The lowest BCUT2D eigenvalue weighted by molar-refractivity contribution is 0.0954. The highest BCUT2D eigenvalue weighted by Gasteiger charge is 2.17. The van der Waals surface area contributed by atoms with Gasteiger partial charge in [-0.05, 0) is 50.5 Å². The number of hydrogen-bond acceptors (Lipinski definition) is 3. The standard InChI is InChI=1S/C17H24N2O2/c1-2-3-4-11-18-17(21)14-5-7-15(8-6-14)19-12-9-16(20)10-13-19/h2-3,5-8,16,20H,4,9-13H2,1H3,(H,18,21). The van der Waals surface area contributed by atoms with E-state index in [-0.39, 0.29) is 12.0 Å². The predicted octanol–water partition coefficient (Wildman–Crippen LogP) is 2.34. The molecule has 1 aromatic carbocycles. The fraction of sp³-hybridized carbons (Fsp3) is 0.471. The summed E-state index contributed by atoms with van der Waals surface area (Å²) in [5, 5.41) is 12.4. The lowest BCUT2D eigenvalue weighted by atomic mass is 10.1. The Hall–Kier alpha value is -1.81. The van der Waals surface area contributed by atoms with E-state index in [4.69, 9.17) is 0 Å². The number of anilines is 1. The molecule has 1 heterocycles. The fourth-order valence-corrected chi connectivity index (χ4v) is 2.49. The van der Waals surface area contributed by atoms with Gasteiger partial charge in [0.25, 0.3) is 5.91 Å². The van der Waals surface area contributed by atoms with Crippen LogP contribution in [0.15, 0.2) is 36.4 Å². The fourth-order valence-electron chi connectivity index (χ4n) is 2.49. The minimum absolute atomic E-state index is 0.0277. The van der Waals surface area contributed by atoms with Gasteiger partial charge in [0.1, 0.15) is 0 Å². The third kappa shape index (κ3) is 4.60. The molecule has 1 aliphatic rings. The number of aliphatic hydroxyl groups is 1. The third-order valence-electron chi connectivity index (χ3n) is 3.79. The van der Waals surface area contributed by atoms with Crippen LogP contribution < -0.4 is 10.2 Å². The van der Waals surface area contributed by atoms with Gasteiger partial charge >= 0.3 is 0 Å². The van der Waals surface area contributed by atoms with Crippen molar-refractivity contribution < 1.29 is 9.90 Å². The molecule has 0 aliphatic carbocycles. The van der Waals surface area contributed by atoms with E-state index in [0.29, 0.717) is 12.1 Å². The summed E-state index contributed by atoms with van der Waals surface area (Å²) >= 11 is 0. The van der Waals surface area contributed by atoms with Gasteiger partial charge in [-0.1, -0.05) is 12.2 Å². The Morgan fingerprint density at radius 1 is 1.33 bits per heavy atom. The maximum atomic E-state index is 12.0. The molecule has 1 aromatic rings. The summed E-state index contributed by atoms with van der Waals surface area (Å²) in [7, 11) is 0. The molecule has 2 N–H and O–H groups in total. The zero-order valence-electron chi connectivity index (χ0n) is 12.6. The van der Waals surface area contributed by atoms with Crippen LogP contribution in [-0.2, 0) is 0 Å². The Balaban J connectivity index is 1.87. The average molecular weight is 288 g/mol. The molecule has 0 spiro atoms. The first-order valence-corrected chi connectivity index (χ1v) is 7.63. The van der Waals surface area contributed by atoms with Crippen molar-refractivity contribution in [1.29, 1.82) is 0 Å². The van der Waals surface area contributed by atoms with E-state index in [9.17, 15) is 9.90 Å². The van der Waals surface area contributed by atoms with Crippen LogP contribution in [0, 0.1) is 0 Å². The highest BCUT2D eigenvalue weighted by molar-refractivity contribution is 5.94. The molecule has 1 aliphatic heterocycles. The summed E-state index contributed by atoms with van der Waals surface area (Å²) in [4.78, 5) is 14.2. The highest BCUT2D eigenvalue weighted by Crippen LogP contribution is 2.20. The third-order valence-corrected chi connectivity index (χ3v) is 3.79. The van der Waals surface area contributed by atoms with Crippen molar-refractivity contribution in [2.75, 3.05) is 24.5 Å². The van der Waals surface area contributed by atoms with Crippen molar-refractivity contribution in [2.45, 2.75) is 32.3 Å². The number of carbonyl (C=O) groups is 1. The molecular formula is C17H24N2O2. The van der Waals surface area contributed by atoms with Gasteiger partial charge in [-0.25, -0.2) is 0 Å². The topological polar surface area (TPSA) is 52.6 Å². The van der Waals surface area contributed by atoms with E-state index in [1.54, 1.807) is 0 Å². The Morgan fingerprint density at radius 3 is 2.62 bits per heavy atom. The molecule has 4 nitrogen and oxygen atoms in total. The van der Waals surface area contributed by atoms with Crippen molar-refractivity contribution in [2.24, 2.45) is 0 Å². The van der Waals surface area contributed by atoms with Crippen LogP contribution in [0.4, 0.5) is 5.69 Å². The van der Waals surface area contributed by atoms with Gasteiger partial charge in [0.05, 0.1) is 6.10 Å². The number of hydrogen-bond donors (Lipinski definition) is 2. The second-order valence-corrected chi connectivity index (χ2v) is 5.38. The van der Waals surface area contributed by atoms with E-state index >= 15 is 0 Å². The summed E-state index contributed by atoms with van der Waals surface area (Å²) in [6.07, 6.45) is 6.34. The van der Waals surface area contributed by atoms with Crippen LogP contribution in [0.2, 0.25) is 0 Å². The molecule has 0 aromatic heterocycles. The summed E-state index contributed by atoms with van der Waals surface area (Å²) in [6, 6.07) is 7.70.